The number of fused-ring (bicyclic) bond motifs is 1. The number of para-hydroxylation sites is 2. The van der Waals surface area contributed by atoms with E-state index in [2.05, 4.69) is 10.3 Å². The van der Waals surface area contributed by atoms with Gasteiger partial charge in [0.25, 0.3) is 5.89 Å². The van der Waals surface area contributed by atoms with Crippen molar-refractivity contribution in [2.24, 2.45) is 0 Å². The third-order valence-corrected chi connectivity index (χ3v) is 3.59. The lowest BCUT2D eigenvalue weighted by Crippen LogP contribution is -2.27. The van der Waals surface area contributed by atoms with Gasteiger partial charge in [-0.1, -0.05) is 37.6 Å². The van der Waals surface area contributed by atoms with Crippen LogP contribution in [0.1, 0.15) is 36.0 Å². The van der Waals surface area contributed by atoms with E-state index in [9.17, 15) is 9.59 Å². The third kappa shape index (κ3) is 4.03. The van der Waals surface area contributed by atoms with Crippen LogP contribution in [0.5, 0.6) is 5.75 Å². The maximum absolute atomic E-state index is 12.6. The SMILES string of the molecule is CCCCNC(=O)Oc1cccc(C(=O)c2nc3ccccc3o2)c1. The number of hydrogen-bond donors (Lipinski definition) is 1. The molecule has 0 spiro atoms. The third-order valence-electron chi connectivity index (χ3n) is 3.59. The van der Waals surface area contributed by atoms with Crippen molar-refractivity contribution >= 4 is 23.0 Å². The van der Waals surface area contributed by atoms with Crippen LogP contribution in [0.25, 0.3) is 11.1 Å². The van der Waals surface area contributed by atoms with Crippen LogP contribution in [0, 0.1) is 0 Å². The van der Waals surface area contributed by atoms with Crippen molar-refractivity contribution in [1.82, 2.24) is 10.3 Å². The molecule has 0 radical (unpaired) electrons. The van der Waals surface area contributed by atoms with E-state index in [0.717, 1.165) is 12.8 Å². The largest absolute Gasteiger partial charge is 0.433 e. The lowest BCUT2D eigenvalue weighted by atomic mass is 10.1. The number of nitrogens with one attached hydrogen (secondary N) is 1. The van der Waals surface area contributed by atoms with Crippen molar-refractivity contribution in [3.05, 3.63) is 60.0 Å². The molecule has 1 heterocycles. The Labute approximate surface area is 144 Å². The molecule has 0 saturated carbocycles. The zero-order valence-corrected chi connectivity index (χ0v) is 13.8. The summed E-state index contributed by atoms with van der Waals surface area (Å²) in [6.45, 7) is 2.59. The summed E-state index contributed by atoms with van der Waals surface area (Å²) in [5, 5.41) is 2.65. The summed E-state index contributed by atoms with van der Waals surface area (Å²) in [7, 11) is 0. The normalized spacial score (nSPS) is 10.6. The highest BCUT2D eigenvalue weighted by atomic mass is 16.6. The van der Waals surface area contributed by atoms with E-state index in [1.165, 1.54) is 6.07 Å². The molecule has 1 amide bonds. The van der Waals surface area contributed by atoms with Crippen LogP contribution in [-0.2, 0) is 0 Å². The number of oxazole rings is 1. The van der Waals surface area contributed by atoms with Gasteiger partial charge in [-0.05, 0) is 30.7 Å². The second kappa shape index (κ2) is 7.61. The molecule has 25 heavy (non-hydrogen) atoms. The predicted molar refractivity (Wildman–Crippen MR) is 92.8 cm³/mol. The summed E-state index contributed by atoms with van der Waals surface area (Å²) in [5.41, 5.74) is 1.51. The van der Waals surface area contributed by atoms with Crippen LogP contribution in [0.3, 0.4) is 0 Å². The molecule has 0 fully saturated rings. The van der Waals surface area contributed by atoms with E-state index in [4.69, 9.17) is 9.15 Å². The first-order valence-corrected chi connectivity index (χ1v) is 8.13. The quantitative estimate of drug-likeness (QED) is 0.544. The van der Waals surface area contributed by atoms with Gasteiger partial charge in [0.05, 0.1) is 0 Å². The Balaban J connectivity index is 1.74. The lowest BCUT2D eigenvalue weighted by Gasteiger charge is -2.06. The van der Waals surface area contributed by atoms with E-state index in [-0.39, 0.29) is 17.4 Å². The van der Waals surface area contributed by atoms with E-state index in [0.29, 0.717) is 23.2 Å². The summed E-state index contributed by atoms with van der Waals surface area (Å²) in [5.74, 6) is -0.0743. The fraction of sp³-hybridized carbons (Fsp3) is 0.211. The molecule has 6 heteroatoms. The van der Waals surface area contributed by atoms with Gasteiger partial charge in [0.1, 0.15) is 11.3 Å². The fourth-order valence-corrected chi connectivity index (χ4v) is 2.30. The fourth-order valence-electron chi connectivity index (χ4n) is 2.30. The monoisotopic (exact) mass is 338 g/mol. The molecule has 0 atom stereocenters. The van der Waals surface area contributed by atoms with Crippen molar-refractivity contribution in [1.29, 1.82) is 0 Å². The summed E-state index contributed by atoms with van der Waals surface area (Å²) in [6.07, 6.45) is 1.32. The molecule has 1 aromatic heterocycles. The number of benzene rings is 2. The van der Waals surface area contributed by atoms with Gasteiger partial charge < -0.3 is 14.5 Å². The number of unbranched alkanes of at least 4 members (excludes halogenated alkanes) is 1. The van der Waals surface area contributed by atoms with Crippen LogP contribution in [0.15, 0.2) is 52.9 Å². The van der Waals surface area contributed by atoms with E-state index in [1.54, 1.807) is 30.3 Å². The Morgan fingerprint density at radius 1 is 1.16 bits per heavy atom. The first kappa shape index (κ1) is 16.7. The number of aromatic nitrogens is 1. The standard InChI is InChI=1S/C19H18N2O4/c1-2-3-11-20-19(23)24-14-8-6-7-13(12-14)17(22)18-21-15-9-4-5-10-16(15)25-18/h4-10,12H,2-3,11H2,1H3,(H,20,23). The van der Waals surface area contributed by atoms with E-state index < -0.39 is 6.09 Å². The minimum absolute atomic E-state index is 0.00532. The molecule has 0 aliphatic rings. The van der Waals surface area contributed by atoms with Crippen LogP contribution in [-0.4, -0.2) is 23.4 Å². The van der Waals surface area contributed by atoms with E-state index in [1.807, 2.05) is 19.1 Å². The Morgan fingerprint density at radius 2 is 2.00 bits per heavy atom. The summed E-state index contributed by atoms with van der Waals surface area (Å²) in [4.78, 5) is 28.5. The van der Waals surface area contributed by atoms with Gasteiger partial charge >= 0.3 is 6.09 Å². The lowest BCUT2D eigenvalue weighted by molar-refractivity contribution is 0.100. The second-order valence-electron chi connectivity index (χ2n) is 5.51. The molecule has 6 nitrogen and oxygen atoms in total. The zero-order chi connectivity index (χ0) is 17.6. The molecule has 3 aromatic rings. The molecule has 3 rings (SSSR count). The number of hydrogen-bond acceptors (Lipinski definition) is 5. The average molecular weight is 338 g/mol. The van der Waals surface area contributed by atoms with Crippen molar-refractivity contribution < 1.29 is 18.7 Å². The highest BCUT2D eigenvalue weighted by Gasteiger charge is 2.17. The number of nitrogens with zero attached hydrogens (tertiary/aromatic N) is 1. The first-order chi connectivity index (χ1) is 12.2. The van der Waals surface area contributed by atoms with Gasteiger partial charge in [0.2, 0.25) is 5.78 Å². The van der Waals surface area contributed by atoms with Gasteiger partial charge in [0, 0.05) is 12.1 Å². The zero-order valence-electron chi connectivity index (χ0n) is 13.8. The molecule has 0 aliphatic heterocycles. The number of carbonyl (C=O) groups is 2. The average Bonchev–Trinajstić information content (AvgIpc) is 3.05. The number of rotatable bonds is 6. The van der Waals surface area contributed by atoms with Crippen molar-refractivity contribution in [3.63, 3.8) is 0 Å². The Morgan fingerprint density at radius 3 is 2.80 bits per heavy atom. The Hall–Kier alpha value is -3.15. The van der Waals surface area contributed by atoms with E-state index >= 15 is 0 Å². The smallest absolute Gasteiger partial charge is 0.412 e. The summed E-state index contributed by atoms with van der Waals surface area (Å²) < 4.78 is 10.7. The van der Waals surface area contributed by atoms with Gasteiger partial charge in [-0.2, -0.15) is 0 Å². The molecule has 0 aliphatic carbocycles. The molecular formula is C19H18N2O4. The molecule has 0 bridgehead atoms. The molecule has 128 valence electrons. The molecule has 1 N–H and O–H groups in total. The van der Waals surface area contributed by atoms with Gasteiger partial charge in [-0.3, -0.25) is 4.79 Å². The number of ether oxygens (including phenoxy) is 1. The van der Waals surface area contributed by atoms with Gasteiger partial charge in [-0.15, -0.1) is 0 Å². The summed E-state index contributed by atoms with van der Waals surface area (Å²) >= 11 is 0. The highest BCUT2D eigenvalue weighted by Crippen LogP contribution is 2.20. The minimum atomic E-state index is -0.542. The maximum Gasteiger partial charge on any atom is 0.412 e. The Bertz CT molecular complexity index is 868. The number of carbonyl (C=O) groups excluding carboxylic acids is 2. The van der Waals surface area contributed by atoms with Crippen LogP contribution >= 0.6 is 0 Å². The van der Waals surface area contributed by atoms with Crippen LogP contribution < -0.4 is 10.1 Å². The van der Waals surface area contributed by atoms with Crippen LogP contribution in [0.2, 0.25) is 0 Å². The highest BCUT2D eigenvalue weighted by molar-refractivity contribution is 6.07. The first-order valence-electron chi connectivity index (χ1n) is 8.13. The minimum Gasteiger partial charge on any atom is -0.433 e. The maximum atomic E-state index is 12.6. The molecule has 0 saturated heterocycles. The van der Waals surface area contributed by atoms with Crippen molar-refractivity contribution in [2.75, 3.05) is 6.54 Å². The topological polar surface area (TPSA) is 81.4 Å². The van der Waals surface area contributed by atoms with Crippen molar-refractivity contribution in [2.45, 2.75) is 19.8 Å². The number of ketones is 1. The van der Waals surface area contributed by atoms with Crippen LogP contribution in [0.4, 0.5) is 4.79 Å². The van der Waals surface area contributed by atoms with Gasteiger partial charge in [-0.25, -0.2) is 9.78 Å². The Kier molecular flexibility index (Phi) is 5.09. The predicted octanol–water partition coefficient (Wildman–Crippen LogP) is 3.95. The van der Waals surface area contributed by atoms with Crippen molar-refractivity contribution in [3.8, 4) is 5.75 Å². The van der Waals surface area contributed by atoms with Gasteiger partial charge in [0.15, 0.2) is 5.58 Å². The molecule has 0 unspecified atom stereocenters. The molecule has 2 aromatic carbocycles. The number of amides is 1. The summed E-state index contributed by atoms with van der Waals surface area (Å²) in [6, 6.07) is 13.5. The molecular weight excluding hydrogens is 320 g/mol. The second-order valence-corrected chi connectivity index (χ2v) is 5.51.